The molecule has 0 saturated carbocycles. The van der Waals surface area contributed by atoms with Crippen molar-refractivity contribution < 1.29 is 18.9 Å². The van der Waals surface area contributed by atoms with Crippen LogP contribution in [0.5, 0.6) is 0 Å². The summed E-state index contributed by atoms with van der Waals surface area (Å²) in [7, 11) is 7.36. The van der Waals surface area contributed by atoms with Gasteiger partial charge >= 0.3 is 5.97 Å². The lowest BCUT2D eigenvalue weighted by Crippen LogP contribution is -2.34. The number of pyridine rings is 2. The van der Waals surface area contributed by atoms with E-state index in [9.17, 15) is 9.59 Å². The van der Waals surface area contributed by atoms with Gasteiger partial charge in [0.25, 0.3) is 5.24 Å². The molecule has 0 saturated heterocycles. The maximum absolute atomic E-state index is 11.2. The number of rotatable bonds is 4. The number of aromatic nitrogens is 4. The van der Waals surface area contributed by atoms with Crippen LogP contribution >= 0.6 is 88.0 Å². The van der Waals surface area contributed by atoms with Gasteiger partial charge in [-0.05, 0) is 67.7 Å². The van der Waals surface area contributed by atoms with Gasteiger partial charge in [0.1, 0.15) is 14.9 Å². The number of carbonyl (C=O) groups is 2. The van der Waals surface area contributed by atoms with Crippen LogP contribution < -0.4 is 5.01 Å². The van der Waals surface area contributed by atoms with E-state index in [0.29, 0.717) is 37.3 Å². The van der Waals surface area contributed by atoms with Crippen LogP contribution in [0.25, 0.3) is 5.82 Å². The Labute approximate surface area is 247 Å². The molecule has 1 atom stereocenters. The van der Waals surface area contributed by atoms with E-state index in [2.05, 4.69) is 73.4 Å². The first kappa shape index (κ1) is 30.9. The van der Waals surface area contributed by atoms with Gasteiger partial charge in [0, 0.05) is 46.2 Å². The van der Waals surface area contributed by atoms with Gasteiger partial charge in [-0.15, -0.1) is 0 Å². The van der Waals surface area contributed by atoms with Crippen LogP contribution in [0.4, 0.5) is 5.82 Å². The number of hydrogen-bond acceptors (Lipinski definition) is 8. The third kappa shape index (κ3) is 8.91. The fourth-order valence-electron chi connectivity index (χ4n) is 2.59. The Morgan fingerprint density at radius 1 is 1.06 bits per heavy atom. The number of hydrogen-bond donors (Lipinski definition) is 1. The first-order valence-electron chi connectivity index (χ1n) is 9.08. The number of carbonyl (C=O) groups excluding carboxylic acids is 1. The highest BCUT2D eigenvalue weighted by atomic mass is 79.9. The summed E-state index contributed by atoms with van der Waals surface area (Å²) in [6.45, 7) is 0. The number of anilines is 1. The molecule has 18 heteroatoms. The molecule has 1 N–H and O–H groups in total. The predicted octanol–water partition coefficient (Wildman–Crippen LogP) is 6.21. The number of carboxylic acids is 1. The molecule has 1 aliphatic rings. The second kappa shape index (κ2) is 14.6. The molecule has 0 aromatic carbocycles. The molecular formula is C18H11Br2Cl5N6O4S. The lowest BCUT2D eigenvalue weighted by Gasteiger charge is -2.19. The van der Waals surface area contributed by atoms with Crippen LogP contribution in [0.3, 0.4) is 0 Å². The molecule has 10 nitrogen and oxygen atoms in total. The number of halogens is 7. The fourth-order valence-corrected chi connectivity index (χ4v) is 3.99. The molecular weight excluding hydrogens is 733 g/mol. The van der Waals surface area contributed by atoms with E-state index in [0.717, 1.165) is 0 Å². The highest BCUT2D eigenvalue weighted by Crippen LogP contribution is 2.30. The van der Waals surface area contributed by atoms with Crippen LogP contribution in [0.1, 0.15) is 16.9 Å². The summed E-state index contributed by atoms with van der Waals surface area (Å²) in [4.78, 5) is 30.3. The standard InChI is InChI=1S/C9H4BrCl2N3O.C9H7BrClN3O2.Cl2OS/c10-7-4-6(8(12)16)15(14-7)9-5(11)2-1-3-13-9;10-7-4-6(9(15)16)14(13-7)8-5(11)2-1-3-12-8;1-4(2)3/h1-4H;1-3,6H,4H2,(H,15,16);. The van der Waals surface area contributed by atoms with Crippen molar-refractivity contribution in [1.82, 2.24) is 19.7 Å². The molecule has 1 aliphatic heterocycles. The van der Waals surface area contributed by atoms with Crippen molar-refractivity contribution >= 4 is 119 Å². The maximum atomic E-state index is 11.2. The molecule has 3 aromatic rings. The number of carboxylic acid groups (broad SMARTS) is 1. The average molecular weight is 744 g/mol. The van der Waals surface area contributed by atoms with Crippen molar-refractivity contribution in [3.63, 3.8) is 0 Å². The minimum atomic E-state index is -1.67. The molecule has 0 spiro atoms. The Kier molecular flexibility index (Phi) is 12.5. The predicted molar refractivity (Wildman–Crippen MR) is 148 cm³/mol. The summed E-state index contributed by atoms with van der Waals surface area (Å²) >= 11 is 23.7. The van der Waals surface area contributed by atoms with Gasteiger partial charge in [0.05, 0.1) is 10.0 Å². The van der Waals surface area contributed by atoms with Gasteiger partial charge in [-0.25, -0.2) is 28.7 Å². The van der Waals surface area contributed by atoms with Crippen LogP contribution in [-0.4, -0.2) is 50.9 Å². The zero-order chi connectivity index (χ0) is 27.0. The number of nitrogens with zero attached hydrogens (tertiary/aromatic N) is 6. The van der Waals surface area contributed by atoms with E-state index >= 15 is 0 Å². The SMILES string of the molecule is O=C(Cl)c1cc(Br)nn1-c1ncccc1Cl.O=C(O)C1CC(Br)=NN1c1ncccc1Cl.O=S(Cl)Cl. The summed E-state index contributed by atoms with van der Waals surface area (Å²) in [5, 5.41) is 18.6. The minimum absolute atomic E-state index is 0.203. The van der Waals surface area contributed by atoms with Gasteiger partial charge < -0.3 is 5.11 Å². The summed E-state index contributed by atoms with van der Waals surface area (Å²) < 4.78 is 11.4. The quantitative estimate of drug-likeness (QED) is 0.312. The molecule has 0 bridgehead atoms. The summed E-state index contributed by atoms with van der Waals surface area (Å²) in [5.41, 5.74) is 0.203. The van der Waals surface area contributed by atoms with Crippen molar-refractivity contribution in [2.24, 2.45) is 5.10 Å². The zero-order valence-corrected chi connectivity index (χ0v) is 25.0. The molecule has 36 heavy (non-hydrogen) atoms. The van der Waals surface area contributed by atoms with Crippen molar-refractivity contribution in [2.45, 2.75) is 12.5 Å². The average Bonchev–Trinajstić information content (AvgIpc) is 3.37. The second-order valence-electron chi connectivity index (χ2n) is 6.22. The van der Waals surface area contributed by atoms with E-state index in [1.807, 2.05) is 0 Å². The molecule has 4 heterocycles. The third-order valence-electron chi connectivity index (χ3n) is 3.93. The first-order valence-corrected chi connectivity index (χ1v) is 14.6. The third-order valence-corrected chi connectivity index (χ3v) is 5.59. The normalized spacial score (nSPS) is 14.4. The Morgan fingerprint density at radius 3 is 2.06 bits per heavy atom. The second-order valence-corrected chi connectivity index (χ2v) is 11.6. The number of hydrazone groups is 1. The van der Waals surface area contributed by atoms with Crippen LogP contribution in [0.2, 0.25) is 10.0 Å². The summed E-state index contributed by atoms with van der Waals surface area (Å²) in [6.07, 6.45) is 3.41. The minimum Gasteiger partial charge on any atom is -0.480 e. The first-order chi connectivity index (χ1) is 16.9. The zero-order valence-electron chi connectivity index (χ0n) is 17.2. The van der Waals surface area contributed by atoms with Gasteiger partial charge in [0.2, 0.25) is 9.23 Å². The molecule has 0 radical (unpaired) electrons. The van der Waals surface area contributed by atoms with E-state index < -0.39 is 26.5 Å². The molecule has 192 valence electrons. The summed E-state index contributed by atoms with van der Waals surface area (Å²) in [6, 6.07) is 7.40. The molecule has 3 aromatic heterocycles. The van der Waals surface area contributed by atoms with Crippen LogP contribution in [0, 0.1) is 0 Å². The Morgan fingerprint density at radius 2 is 1.58 bits per heavy atom. The van der Waals surface area contributed by atoms with Crippen molar-refractivity contribution in [2.75, 3.05) is 5.01 Å². The largest absolute Gasteiger partial charge is 0.480 e. The molecule has 0 fully saturated rings. The van der Waals surface area contributed by atoms with Crippen molar-refractivity contribution in [3.8, 4) is 5.82 Å². The van der Waals surface area contributed by atoms with Gasteiger partial charge in [0.15, 0.2) is 17.7 Å². The highest BCUT2D eigenvalue weighted by molar-refractivity contribution is 9.18. The Hall–Kier alpha value is -1.32. The molecule has 4 rings (SSSR count). The maximum Gasteiger partial charge on any atom is 0.329 e. The fraction of sp³-hybridized carbons (Fsp3) is 0.111. The van der Waals surface area contributed by atoms with E-state index in [4.69, 9.17) is 44.1 Å². The van der Waals surface area contributed by atoms with Crippen molar-refractivity contribution in [3.05, 3.63) is 63.1 Å². The monoisotopic (exact) mass is 740 g/mol. The molecule has 0 aliphatic carbocycles. The topological polar surface area (TPSA) is 131 Å². The van der Waals surface area contributed by atoms with E-state index in [-0.39, 0.29) is 5.69 Å². The lowest BCUT2D eigenvalue weighted by molar-refractivity contribution is -0.138. The Bertz CT molecular complexity index is 1310. The van der Waals surface area contributed by atoms with Gasteiger partial charge in [-0.1, -0.05) is 23.2 Å². The summed E-state index contributed by atoms with van der Waals surface area (Å²) in [5.74, 6) is -0.246. The van der Waals surface area contributed by atoms with Crippen LogP contribution in [0.15, 0.2) is 52.4 Å². The van der Waals surface area contributed by atoms with Gasteiger partial charge in [-0.2, -0.15) is 10.2 Å². The van der Waals surface area contributed by atoms with Gasteiger partial charge in [-0.3, -0.25) is 4.79 Å². The van der Waals surface area contributed by atoms with E-state index in [1.54, 1.807) is 36.7 Å². The van der Waals surface area contributed by atoms with E-state index in [1.165, 1.54) is 15.8 Å². The smallest absolute Gasteiger partial charge is 0.329 e. The number of aliphatic carboxylic acids is 1. The highest BCUT2D eigenvalue weighted by Gasteiger charge is 2.34. The lowest BCUT2D eigenvalue weighted by atomic mass is 10.2. The Balaban J connectivity index is 0.000000221. The van der Waals surface area contributed by atoms with Crippen LogP contribution in [-0.2, 0) is 14.0 Å². The molecule has 1 unspecified atom stereocenters. The molecule has 0 amide bonds. The van der Waals surface area contributed by atoms with Crippen molar-refractivity contribution in [1.29, 1.82) is 0 Å².